The Labute approximate surface area is 181 Å². The number of nitrogens with zero attached hydrogens (tertiary/aromatic N) is 2. The lowest BCUT2D eigenvalue weighted by atomic mass is 10.0. The van der Waals surface area contributed by atoms with Gasteiger partial charge in [-0.1, -0.05) is 25.4 Å². The van der Waals surface area contributed by atoms with Gasteiger partial charge in [0.25, 0.3) is 5.56 Å². The maximum Gasteiger partial charge on any atom is 0.322 e. The van der Waals surface area contributed by atoms with Crippen molar-refractivity contribution in [1.82, 2.24) is 15.1 Å². The Kier molecular flexibility index (Phi) is 6.54. The molecule has 31 heavy (non-hydrogen) atoms. The molecule has 2 aromatic carbocycles. The molecule has 10 heteroatoms. The van der Waals surface area contributed by atoms with Crippen molar-refractivity contribution in [2.75, 3.05) is 11.9 Å². The van der Waals surface area contributed by atoms with Gasteiger partial charge in [-0.3, -0.25) is 4.79 Å². The first-order chi connectivity index (χ1) is 14.6. The smallest absolute Gasteiger partial charge is 0.316 e. The molecule has 2 amide bonds. The average Bonchev–Trinajstić information content (AvgIpc) is 2.70. The molecule has 0 aliphatic rings. The standard InChI is InChI=1S/C21H20ClF3N4O2/c1-10(2)9-29(21(31)26-12-4-5-16(23)15(22)6-12)11(3)19-13-7-17(24)18(25)8-14(13)20(30)28-27-19/h4-8,10-11H,9H2,1-3H3,(H,26,31)(H,28,30)/t11-/m0/s1. The van der Waals surface area contributed by atoms with Crippen LogP contribution in [-0.4, -0.2) is 27.7 Å². The lowest BCUT2D eigenvalue weighted by molar-refractivity contribution is 0.182. The van der Waals surface area contributed by atoms with Gasteiger partial charge < -0.3 is 10.2 Å². The lowest BCUT2D eigenvalue weighted by Gasteiger charge is -2.31. The van der Waals surface area contributed by atoms with Crippen LogP contribution in [0.1, 0.15) is 32.5 Å². The first-order valence-corrected chi connectivity index (χ1v) is 9.86. The van der Waals surface area contributed by atoms with Gasteiger partial charge in [0.05, 0.1) is 22.1 Å². The minimum Gasteiger partial charge on any atom is -0.316 e. The normalized spacial score (nSPS) is 12.3. The van der Waals surface area contributed by atoms with Crippen LogP contribution in [0.3, 0.4) is 0 Å². The van der Waals surface area contributed by atoms with Crippen molar-refractivity contribution >= 4 is 34.1 Å². The van der Waals surface area contributed by atoms with E-state index in [0.717, 1.165) is 18.2 Å². The topological polar surface area (TPSA) is 78.1 Å². The van der Waals surface area contributed by atoms with Gasteiger partial charge in [-0.15, -0.1) is 0 Å². The Morgan fingerprint density at radius 3 is 2.35 bits per heavy atom. The van der Waals surface area contributed by atoms with Crippen molar-refractivity contribution in [3.8, 4) is 0 Å². The quantitative estimate of drug-likeness (QED) is 0.555. The number of carbonyl (C=O) groups excluding carboxylic acids is 1. The highest BCUT2D eigenvalue weighted by atomic mass is 35.5. The van der Waals surface area contributed by atoms with Crippen molar-refractivity contribution in [2.24, 2.45) is 5.92 Å². The molecule has 0 fully saturated rings. The van der Waals surface area contributed by atoms with Gasteiger partial charge in [0.1, 0.15) is 5.82 Å². The molecule has 1 heterocycles. The van der Waals surface area contributed by atoms with Crippen LogP contribution in [0.25, 0.3) is 10.8 Å². The molecule has 2 N–H and O–H groups in total. The van der Waals surface area contributed by atoms with E-state index in [2.05, 4.69) is 15.5 Å². The van der Waals surface area contributed by atoms with E-state index in [1.54, 1.807) is 6.92 Å². The van der Waals surface area contributed by atoms with E-state index in [-0.39, 0.29) is 39.6 Å². The summed E-state index contributed by atoms with van der Waals surface area (Å²) in [5, 5.41) is 8.79. The number of fused-ring (bicyclic) bond motifs is 1. The summed E-state index contributed by atoms with van der Waals surface area (Å²) in [5.41, 5.74) is -0.197. The summed E-state index contributed by atoms with van der Waals surface area (Å²) in [4.78, 5) is 26.5. The highest BCUT2D eigenvalue weighted by Crippen LogP contribution is 2.28. The molecule has 0 aliphatic heterocycles. The first-order valence-electron chi connectivity index (χ1n) is 9.48. The number of anilines is 1. The van der Waals surface area contributed by atoms with Crippen LogP contribution in [0.15, 0.2) is 35.1 Å². The maximum atomic E-state index is 13.9. The van der Waals surface area contributed by atoms with Crippen LogP contribution < -0.4 is 10.9 Å². The average molecular weight is 453 g/mol. The van der Waals surface area contributed by atoms with E-state index in [4.69, 9.17) is 11.6 Å². The number of benzene rings is 2. The molecule has 1 aromatic heterocycles. The Morgan fingerprint density at radius 2 is 1.74 bits per heavy atom. The van der Waals surface area contributed by atoms with Crippen molar-refractivity contribution < 1.29 is 18.0 Å². The van der Waals surface area contributed by atoms with Crippen molar-refractivity contribution in [3.63, 3.8) is 0 Å². The molecular formula is C21H20ClF3N4O2. The van der Waals surface area contributed by atoms with Gasteiger partial charge in [0.2, 0.25) is 0 Å². The number of aromatic amines is 1. The predicted octanol–water partition coefficient (Wildman–Crippen LogP) is 5.24. The van der Waals surface area contributed by atoms with Gasteiger partial charge in [0.15, 0.2) is 11.6 Å². The Hall–Kier alpha value is -3.07. The third-order valence-corrected chi connectivity index (χ3v) is 5.01. The number of nitrogens with one attached hydrogen (secondary N) is 2. The number of hydrogen-bond donors (Lipinski definition) is 2. The molecule has 164 valence electrons. The Bertz CT molecular complexity index is 1200. The number of urea groups is 1. The fraction of sp³-hybridized carbons (Fsp3) is 0.286. The lowest BCUT2D eigenvalue weighted by Crippen LogP contribution is -2.40. The molecule has 0 bridgehead atoms. The molecule has 0 radical (unpaired) electrons. The van der Waals surface area contributed by atoms with Gasteiger partial charge in [-0.25, -0.2) is 23.1 Å². The van der Waals surface area contributed by atoms with Crippen LogP contribution in [0.4, 0.5) is 23.7 Å². The highest BCUT2D eigenvalue weighted by Gasteiger charge is 2.26. The second kappa shape index (κ2) is 8.97. The van der Waals surface area contributed by atoms with Gasteiger partial charge >= 0.3 is 6.03 Å². The van der Waals surface area contributed by atoms with Crippen LogP contribution >= 0.6 is 11.6 Å². The number of amides is 2. The summed E-state index contributed by atoms with van der Waals surface area (Å²) in [5.74, 6) is -2.86. The fourth-order valence-electron chi connectivity index (χ4n) is 3.22. The van der Waals surface area contributed by atoms with Gasteiger partial charge in [0, 0.05) is 17.6 Å². The zero-order chi connectivity index (χ0) is 22.9. The fourth-order valence-corrected chi connectivity index (χ4v) is 3.40. The molecule has 0 aliphatic carbocycles. The monoisotopic (exact) mass is 452 g/mol. The van der Waals surface area contributed by atoms with Crippen LogP contribution in [0.2, 0.25) is 5.02 Å². The highest BCUT2D eigenvalue weighted by molar-refractivity contribution is 6.31. The second-order valence-corrected chi connectivity index (χ2v) is 7.94. The molecule has 3 aromatic rings. The minimum absolute atomic E-state index is 0.0493. The van der Waals surface area contributed by atoms with E-state index >= 15 is 0 Å². The molecule has 3 rings (SSSR count). The van der Waals surface area contributed by atoms with Crippen molar-refractivity contribution in [2.45, 2.75) is 26.8 Å². The van der Waals surface area contributed by atoms with Crippen molar-refractivity contribution in [3.05, 3.63) is 68.9 Å². The number of halogens is 4. The van der Waals surface area contributed by atoms with Crippen LogP contribution in [0, 0.1) is 23.4 Å². The van der Waals surface area contributed by atoms with E-state index in [0.29, 0.717) is 0 Å². The Morgan fingerprint density at radius 1 is 1.10 bits per heavy atom. The summed E-state index contributed by atoms with van der Waals surface area (Å²) in [6, 6.07) is 4.21. The summed E-state index contributed by atoms with van der Waals surface area (Å²) in [6.45, 7) is 5.74. The zero-order valence-corrected chi connectivity index (χ0v) is 17.7. The summed E-state index contributed by atoms with van der Waals surface area (Å²) >= 11 is 5.78. The predicted molar refractivity (Wildman–Crippen MR) is 113 cm³/mol. The molecule has 1 atom stereocenters. The van der Waals surface area contributed by atoms with E-state index in [9.17, 15) is 22.8 Å². The molecule has 0 spiro atoms. The minimum atomic E-state index is -1.16. The second-order valence-electron chi connectivity index (χ2n) is 7.53. The summed E-state index contributed by atoms with van der Waals surface area (Å²) < 4.78 is 41.0. The van der Waals surface area contributed by atoms with Crippen molar-refractivity contribution in [1.29, 1.82) is 0 Å². The van der Waals surface area contributed by atoms with Gasteiger partial charge in [-0.05, 0) is 43.2 Å². The summed E-state index contributed by atoms with van der Waals surface area (Å²) in [7, 11) is 0. The van der Waals surface area contributed by atoms with Crippen LogP contribution in [0.5, 0.6) is 0 Å². The van der Waals surface area contributed by atoms with E-state index in [1.807, 2.05) is 13.8 Å². The third kappa shape index (κ3) is 4.82. The molecule has 0 saturated heterocycles. The molecule has 0 saturated carbocycles. The van der Waals surface area contributed by atoms with E-state index in [1.165, 1.54) is 17.0 Å². The Balaban J connectivity index is 2.01. The molecular weight excluding hydrogens is 433 g/mol. The number of H-pyrrole nitrogens is 1. The maximum absolute atomic E-state index is 13.9. The SMILES string of the molecule is CC(C)CN(C(=O)Nc1ccc(F)c(Cl)c1)[C@@H](C)c1n[nH]c(=O)c2cc(F)c(F)cc12. The largest absolute Gasteiger partial charge is 0.322 e. The number of rotatable bonds is 5. The molecule has 6 nitrogen and oxygen atoms in total. The number of hydrogen-bond acceptors (Lipinski definition) is 3. The first kappa shape index (κ1) is 22.6. The number of carbonyl (C=O) groups is 1. The van der Waals surface area contributed by atoms with Gasteiger partial charge in [-0.2, -0.15) is 5.10 Å². The summed E-state index contributed by atoms with van der Waals surface area (Å²) in [6.07, 6.45) is 0. The van der Waals surface area contributed by atoms with Crippen LogP contribution in [-0.2, 0) is 0 Å². The molecule has 0 unspecified atom stereocenters. The third-order valence-electron chi connectivity index (χ3n) is 4.72. The number of aromatic nitrogens is 2. The van der Waals surface area contributed by atoms with E-state index < -0.39 is 35.1 Å². The zero-order valence-electron chi connectivity index (χ0n) is 17.0.